The first kappa shape index (κ1) is 21.8. The van der Waals surface area contributed by atoms with Crippen molar-refractivity contribution in [2.24, 2.45) is 5.92 Å². The van der Waals surface area contributed by atoms with Crippen molar-refractivity contribution in [3.63, 3.8) is 0 Å². The minimum absolute atomic E-state index is 0.0311. The number of piperidine rings is 1. The van der Waals surface area contributed by atoms with Crippen LogP contribution in [0, 0.1) is 11.7 Å². The first-order valence-electron chi connectivity index (χ1n) is 10.1. The smallest absolute Gasteiger partial charge is 0.318 e. The van der Waals surface area contributed by atoms with Crippen LogP contribution in [0.4, 0.5) is 14.0 Å². The summed E-state index contributed by atoms with van der Waals surface area (Å²) in [7, 11) is 0. The molecular weight excluding hydrogens is 443 g/mol. The van der Waals surface area contributed by atoms with Crippen molar-refractivity contribution in [2.45, 2.75) is 44.8 Å². The average molecular weight is 471 g/mol. The van der Waals surface area contributed by atoms with Gasteiger partial charge in [-0.2, -0.15) is 0 Å². The number of aliphatic hydroxyl groups excluding tert-OH is 1. The molecule has 9 heteroatoms. The Kier molecular flexibility index (Phi) is 7.34. The third-order valence-corrected chi connectivity index (χ3v) is 5.90. The van der Waals surface area contributed by atoms with Crippen molar-refractivity contribution in [3.8, 4) is 0 Å². The second-order valence-corrected chi connectivity index (χ2v) is 8.63. The van der Waals surface area contributed by atoms with E-state index in [9.17, 15) is 19.1 Å². The monoisotopic (exact) mass is 470 g/mol. The van der Waals surface area contributed by atoms with E-state index in [4.69, 9.17) is 0 Å². The number of hydrogen-bond acceptors (Lipinski definition) is 3. The number of amides is 4. The van der Waals surface area contributed by atoms with Gasteiger partial charge in [0, 0.05) is 54.8 Å². The summed E-state index contributed by atoms with van der Waals surface area (Å²) in [6.45, 7) is 3.35. The van der Waals surface area contributed by atoms with Gasteiger partial charge in [-0.3, -0.25) is 0 Å². The first-order valence-corrected chi connectivity index (χ1v) is 10.9. The number of rotatable bonds is 6. The number of nitrogens with one attached hydrogen (secondary N) is 2. The van der Waals surface area contributed by atoms with Crippen LogP contribution < -0.4 is 10.6 Å². The number of benzene rings is 1. The lowest BCUT2D eigenvalue weighted by atomic mass is 9.94. The maximum Gasteiger partial charge on any atom is 0.318 e. The molecule has 3 N–H and O–H groups in total. The van der Waals surface area contributed by atoms with Crippen LogP contribution in [0.3, 0.4) is 0 Å². The summed E-state index contributed by atoms with van der Waals surface area (Å²) in [6, 6.07) is 4.27. The topological polar surface area (TPSA) is 84.9 Å². The molecule has 1 saturated carbocycles. The van der Waals surface area contributed by atoms with Crippen LogP contribution in [-0.4, -0.2) is 65.3 Å². The number of urea groups is 2. The summed E-state index contributed by atoms with van der Waals surface area (Å²) in [5, 5.41) is 15.3. The molecule has 1 saturated heterocycles. The summed E-state index contributed by atoms with van der Waals surface area (Å²) in [6.07, 6.45) is 2.48. The molecule has 1 heterocycles. The molecule has 1 aromatic carbocycles. The SMILES string of the molecule is CCNC(=O)N1CC(CO)CC(N(C(=O)NCc2ccc(Br)cc2F)C2CC2)C1. The third-order valence-electron chi connectivity index (χ3n) is 5.40. The molecule has 4 amide bonds. The van der Waals surface area contributed by atoms with Crippen LogP contribution in [0.25, 0.3) is 0 Å². The molecule has 0 aromatic heterocycles. The molecule has 3 rings (SSSR count). The van der Waals surface area contributed by atoms with Crippen LogP contribution in [0.15, 0.2) is 22.7 Å². The molecule has 2 fully saturated rings. The van der Waals surface area contributed by atoms with Gasteiger partial charge in [0.2, 0.25) is 0 Å². The zero-order chi connectivity index (χ0) is 21.0. The van der Waals surface area contributed by atoms with Gasteiger partial charge in [0.05, 0.1) is 6.04 Å². The molecule has 2 aliphatic rings. The van der Waals surface area contributed by atoms with E-state index >= 15 is 0 Å². The predicted octanol–water partition coefficient (Wildman–Crippen LogP) is 2.67. The molecule has 7 nitrogen and oxygen atoms in total. The number of hydrogen-bond donors (Lipinski definition) is 3. The van der Waals surface area contributed by atoms with Gasteiger partial charge in [0.25, 0.3) is 0 Å². The Balaban J connectivity index is 1.68. The molecule has 160 valence electrons. The van der Waals surface area contributed by atoms with Crippen LogP contribution in [-0.2, 0) is 6.54 Å². The second kappa shape index (κ2) is 9.75. The van der Waals surface area contributed by atoms with Crippen LogP contribution in [0.1, 0.15) is 31.7 Å². The van der Waals surface area contributed by atoms with Crippen LogP contribution in [0.5, 0.6) is 0 Å². The quantitative estimate of drug-likeness (QED) is 0.597. The van der Waals surface area contributed by atoms with Crippen molar-refractivity contribution >= 4 is 28.0 Å². The molecule has 29 heavy (non-hydrogen) atoms. The van der Waals surface area contributed by atoms with Gasteiger partial charge in [-0.05, 0) is 38.3 Å². The van der Waals surface area contributed by atoms with Crippen molar-refractivity contribution in [1.29, 1.82) is 0 Å². The van der Waals surface area contributed by atoms with Gasteiger partial charge in [-0.15, -0.1) is 0 Å². The fourth-order valence-electron chi connectivity index (χ4n) is 3.85. The van der Waals surface area contributed by atoms with Crippen molar-refractivity contribution < 1.29 is 19.1 Å². The lowest BCUT2D eigenvalue weighted by Gasteiger charge is -2.42. The second-order valence-electron chi connectivity index (χ2n) is 7.71. The lowest BCUT2D eigenvalue weighted by molar-refractivity contribution is 0.0686. The molecule has 0 radical (unpaired) electrons. The van der Waals surface area contributed by atoms with Crippen LogP contribution in [0.2, 0.25) is 0 Å². The summed E-state index contributed by atoms with van der Waals surface area (Å²) >= 11 is 3.23. The Bertz CT molecular complexity index is 746. The number of carbonyl (C=O) groups is 2. The van der Waals surface area contributed by atoms with Crippen LogP contribution >= 0.6 is 15.9 Å². The zero-order valence-electron chi connectivity index (χ0n) is 16.5. The Morgan fingerprint density at radius 1 is 1.28 bits per heavy atom. The molecular formula is C20H28BrFN4O3. The molecule has 1 aliphatic carbocycles. The Morgan fingerprint density at radius 2 is 2.03 bits per heavy atom. The van der Waals surface area contributed by atoms with Gasteiger partial charge < -0.3 is 25.5 Å². The van der Waals surface area contributed by atoms with E-state index in [1.807, 2.05) is 6.92 Å². The van der Waals surface area contributed by atoms with Gasteiger partial charge in [0.15, 0.2) is 0 Å². The van der Waals surface area contributed by atoms with Gasteiger partial charge >= 0.3 is 12.1 Å². The normalized spacial score (nSPS) is 21.6. The summed E-state index contributed by atoms with van der Waals surface area (Å²) in [5.74, 6) is -0.451. The van der Waals surface area contributed by atoms with Crippen molar-refractivity contribution in [3.05, 3.63) is 34.1 Å². The number of likely N-dealkylation sites (tertiary alicyclic amines) is 1. The zero-order valence-corrected chi connectivity index (χ0v) is 18.1. The van der Waals surface area contributed by atoms with E-state index in [2.05, 4.69) is 26.6 Å². The Labute approximate surface area is 178 Å². The number of nitrogens with zero attached hydrogens (tertiary/aromatic N) is 2. The molecule has 2 unspecified atom stereocenters. The molecule has 2 atom stereocenters. The van der Waals surface area contributed by atoms with Gasteiger partial charge in [-0.1, -0.05) is 22.0 Å². The van der Waals surface area contributed by atoms with E-state index in [1.165, 1.54) is 6.07 Å². The van der Waals surface area contributed by atoms with E-state index in [0.29, 0.717) is 36.1 Å². The van der Waals surface area contributed by atoms with E-state index < -0.39 is 0 Å². The molecule has 0 spiro atoms. The molecule has 0 bridgehead atoms. The predicted molar refractivity (Wildman–Crippen MR) is 111 cm³/mol. The molecule has 1 aromatic rings. The highest BCUT2D eigenvalue weighted by Gasteiger charge is 2.41. The van der Waals surface area contributed by atoms with Crippen molar-refractivity contribution in [2.75, 3.05) is 26.2 Å². The number of halogens is 2. The van der Waals surface area contributed by atoms with E-state index in [1.54, 1.807) is 21.9 Å². The maximum atomic E-state index is 14.1. The Hall–Kier alpha value is -1.87. The standard InChI is InChI=1S/C20H28BrFN4O3/c1-2-23-19(28)25-10-13(12-27)7-17(11-25)26(16-5-6-16)20(29)24-9-14-3-4-15(21)8-18(14)22/h3-4,8,13,16-17,27H,2,5-7,9-12H2,1H3,(H,23,28)(H,24,29). The number of carbonyl (C=O) groups excluding carboxylic acids is 2. The first-order chi connectivity index (χ1) is 13.9. The maximum absolute atomic E-state index is 14.1. The Morgan fingerprint density at radius 3 is 2.66 bits per heavy atom. The summed E-state index contributed by atoms with van der Waals surface area (Å²) in [4.78, 5) is 28.8. The summed E-state index contributed by atoms with van der Waals surface area (Å²) in [5.41, 5.74) is 0.415. The fourth-order valence-corrected chi connectivity index (χ4v) is 4.18. The van der Waals surface area contributed by atoms with E-state index in [0.717, 1.165) is 12.8 Å². The fraction of sp³-hybridized carbons (Fsp3) is 0.600. The minimum Gasteiger partial charge on any atom is -0.396 e. The summed E-state index contributed by atoms with van der Waals surface area (Å²) < 4.78 is 14.7. The number of aliphatic hydroxyl groups is 1. The molecule has 1 aliphatic heterocycles. The van der Waals surface area contributed by atoms with Gasteiger partial charge in [0.1, 0.15) is 5.82 Å². The average Bonchev–Trinajstić information content (AvgIpc) is 3.52. The highest BCUT2D eigenvalue weighted by atomic mass is 79.9. The van der Waals surface area contributed by atoms with Crippen molar-refractivity contribution in [1.82, 2.24) is 20.4 Å². The van der Waals surface area contributed by atoms with E-state index in [-0.39, 0.29) is 49.0 Å². The largest absolute Gasteiger partial charge is 0.396 e. The van der Waals surface area contributed by atoms with Gasteiger partial charge in [-0.25, -0.2) is 14.0 Å². The highest BCUT2D eigenvalue weighted by molar-refractivity contribution is 9.10. The highest BCUT2D eigenvalue weighted by Crippen LogP contribution is 2.32. The minimum atomic E-state index is -0.377. The third kappa shape index (κ3) is 5.60. The lowest BCUT2D eigenvalue weighted by Crippen LogP contribution is -2.58.